The van der Waals surface area contributed by atoms with Gasteiger partial charge in [0.15, 0.2) is 6.34 Å². The molecule has 1 rings (SSSR count). The summed E-state index contributed by atoms with van der Waals surface area (Å²) in [5.74, 6) is 0.535. The van der Waals surface area contributed by atoms with Crippen molar-refractivity contribution in [3.05, 3.63) is 12.1 Å². The van der Waals surface area contributed by atoms with E-state index in [2.05, 4.69) is 16.8 Å². The molecule has 0 saturated carbocycles. The lowest BCUT2D eigenvalue weighted by atomic mass is 10.8. The van der Waals surface area contributed by atoms with Crippen molar-refractivity contribution in [2.75, 3.05) is 14.2 Å². The minimum absolute atomic E-state index is 0.535. The number of nitrogens with zero attached hydrogens (tertiary/aromatic N) is 2. The number of ether oxygens (including phenoxy) is 1. The highest BCUT2D eigenvalue weighted by atomic mass is 16.5. The molecule has 0 unspecified atom stereocenters. The van der Waals surface area contributed by atoms with Crippen LogP contribution in [-0.2, 0) is 4.74 Å². The monoisotopic (exact) mass is 126 g/mol. The number of hydrogen-bond acceptors (Lipinski definition) is 4. The predicted octanol–water partition coefficient (Wildman–Crippen LogP) is -0.213. The van der Waals surface area contributed by atoms with E-state index in [1.807, 2.05) is 0 Å². The third kappa shape index (κ3) is 1.35. The first kappa shape index (κ1) is 5.94. The van der Waals surface area contributed by atoms with Crippen LogP contribution in [-0.4, -0.2) is 25.5 Å². The first-order valence-electron chi connectivity index (χ1n) is 2.53. The quantitative estimate of drug-likeness (QED) is 0.528. The van der Waals surface area contributed by atoms with E-state index in [1.54, 1.807) is 25.4 Å². The Morgan fingerprint density at radius 3 is 3.11 bits per heavy atom. The largest absolute Gasteiger partial charge is 0.480 e. The molecule has 0 amide bonds. The maximum atomic E-state index is 4.78. The van der Waals surface area contributed by atoms with E-state index in [0.29, 0.717) is 5.88 Å². The molecule has 1 aliphatic rings. The third-order valence-electron chi connectivity index (χ3n) is 0.901. The minimum atomic E-state index is 0.535. The number of nitrogens with one attached hydrogen (secondary N) is 1. The molecular formula is C5H8N3O. The second kappa shape index (κ2) is 2.39. The molecule has 4 nitrogen and oxygen atoms in total. The molecule has 0 bridgehead atoms. The lowest BCUT2D eigenvalue weighted by molar-refractivity contribution is 0.271. The van der Waals surface area contributed by atoms with Gasteiger partial charge in [0.05, 0.1) is 13.3 Å². The van der Waals surface area contributed by atoms with Gasteiger partial charge in [-0.2, -0.15) is 4.99 Å². The molecule has 4 heteroatoms. The van der Waals surface area contributed by atoms with Crippen molar-refractivity contribution in [2.45, 2.75) is 0 Å². The Kier molecular flexibility index (Phi) is 1.58. The molecule has 1 radical (unpaired) electrons. The molecule has 0 aromatic rings. The molecule has 0 atom stereocenters. The van der Waals surface area contributed by atoms with Crippen LogP contribution in [0, 0.1) is 0 Å². The van der Waals surface area contributed by atoms with E-state index >= 15 is 0 Å². The number of hydrogen-bond donors (Lipinski definition) is 1. The highest BCUT2D eigenvalue weighted by Gasteiger charge is 1.98. The molecule has 1 aliphatic heterocycles. The number of methoxy groups -OCH3 is 1. The summed E-state index contributed by atoms with van der Waals surface area (Å²) in [5.41, 5.74) is 2.82. The molecule has 49 valence electrons. The summed E-state index contributed by atoms with van der Waals surface area (Å²) in [6.07, 6.45) is 4.29. The normalized spacial score (nSPS) is 16.7. The van der Waals surface area contributed by atoms with Gasteiger partial charge in [0, 0.05) is 7.05 Å². The highest BCUT2D eigenvalue weighted by Crippen LogP contribution is 1.97. The van der Waals surface area contributed by atoms with Crippen LogP contribution in [0.1, 0.15) is 0 Å². The summed E-state index contributed by atoms with van der Waals surface area (Å²) in [4.78, 5) is 3.78. The van der Waals surface area contributed by atoms with Crippen LogP contribution < -0.4 is 5.43 Å². The Bertz CT molecular complexity index is 152. The van der Waals surface area contributed by atoms with Gasteiger partial charge >= 0.3 is 0 Å². The van der Waals surface area contributed by atoms with E-state index in [-0.39, 0.29) is 0 Å². The fourth-order valence-corrected chi connectivity index (χ4v) is 0.442. The molecular weight excluding hydrogens is 118 g/mol. The van der Waals surface area contributed by atoms with Crippen molar-refractivity contribution in [2.24, 2.45) is 4.99 Å². The van der Waals surface area contributed by atoms with Crippen LogP contribution >= 0.6 is 0 Å². The van der Waals surface area contributed by atoms with Crippen LogP contribution in [0.25, 0.3) is 0 Å². The number of hydrazine groups is 1. The van der Waals surface area contributed by atoms with Crippen molar-refractivity contribution >= 4 is 6.34 Å². The minimum Gasteiger partial charge on any atom is -0.480 e. The van der Waals surface area contributed by atoms with Gasteiger partial charge in [0.25, 0.3) is 0 Å². The first-order valence-corrected chi connectivity index (χ1v) is 2.53. The van der Waals surface area contributed by atoms with Gasteiger partial charge in [-0.3, -0.25) is 10.4 Å². The van der Waals surface area contributed by atoms with Gasteiger partial charge < -0.3 is 4.74 Å². The highest BCUT2D eigenvalue weighted by molar-refractivity contribution is 5.56. The van der Waals surface area contributed by atoms with E-state index in [4.69, 9.17) is 4.74 Å². The van der Waals surface area contributed by atoms with Crippen LogP contribution in [0.2, 0.25) is 0 Å². The topological polar surface area (TPSA) is 36.9 Å². The molecule has 1 N–H and O–H groups in total. The standard InChI is InChI=1S/C5H8N3O/c1-8-4-6-5(9-2)3-7-8/h3,7H,1-2H3. The SMILES string of the molecule is COC1=CNN(C)[C]=N1. The fourth-order valence-electron chi connectivity index (χ4n) is 0.442. The van der Waals surface area contributed by atoms with Gasteiger partial charge in [-0.15, -0.1) is 0 Å². The van der Waals surface area contributed by atoms with E-state index in [0.717, 1.165) is 0 Å². The summed E-state index contributed by atoms with van der Waals surface area (Å²) in [6, 6.07) is 0. The summed E-state index contributed by atoms with van der Waals surface area (Å²) < 4.78 is 4.78. The summed E-state index contributed by atoms with van der Waals surface area (Å²) in [7, 11) is 3.36. The Labute approximate surface area is 53.8 Å². The van der Waals surface area contributed by atoms with Crippen LogP contribution in [0.5, 0.6) is 0 Å². The summed E-state index contributed by atoms with van der Waals surface area (Å²) in [6.45, 7) is 0. The van der Waals surface area contributed by atoms with E-state index < -0.39 is 0 Å². The van der Waals surface area contributed by atoms with Crippen molar-refractivity contribution in [1.29, 1.82) is 0 Å². The molecule has 0 aromatic carbocycles. The lowest BCUT2D eigenvalue weighted by Crippen LogP contribution is -2.31. The molecule has 0 aromatic heterocycles. The van der Waals surface area contributed by atoms with Crippen LogP contribution in [0.15, 0.2) is 17.1 Å². The Hall–Kier alpha value is -1.19. The molecule has 0 spiro atoms. The van der Waals surface area contributed by atoms with Gasteiger partial charge in [0.2, 0.25) is 5.88 Å². The van der Waals surface area contributed by atoms with Crippen molar-refractivity contribution in [3.63, 3.8) is 0 Å². The molecule has 1 heterocycles. The number of aliphatic imine (C=N–C) groups is 1. The zero-order chi connectivity index (χ0) is 6.69. The van der Waals surface area contributed by atoms with Crippen LogP contribution in [0.4, 0.5) is 0 Å². The fraction of sp³-hybridized carbons (Fsp3) is 0.400. The maximum absolute atomic E-state index is 4.78. The van der Waals surface area contributed by atoms with E-state index in [9.17, 15) is 0 Å². The van der Waals surface area contributed by atoms with Crippen molar-refractivity contribution < 1.29 is 4.74 Å². The van der Waals surface area contributed by atoms with Crippen molar-refractivity contribution in [1.82, 2.24) is 10.4 Å². The van der Waals surface area contributed by atoms with Gasteiger partial charge in [-0.25, -0.2) is 0 Å². The zero-order valence-electron chi connectivity index (χ0n) is 5.38. The molecule has 9 heavy (non-hydrogen) atoms. The lowest BCUT2D eigenvalue weighted by Gasteiger charge is -2.15. The first-order chi connectivity index (χ1) is 4.33. The molecule has 0 fully saturated rings. The smallest absolute Gasteiger partial charge is 0.233 e. The Balaban J connectivity index is 2.52. The van der Waals surface area contributed by atoms with Gasteiger partial charge in [0.1, 0.15) is 0 Å². The van der Waals surface area contributed by atoms with Crippen molar-refractivity contribution in [3.8, 4) is 0 Å². The van der Waals surface area contributed by atoms with Crippen LogP contribution in [0.3, 0.4) is 0 Å². The average molecular weight is 126 g/mol. The van der Waals surface area contributed by atoms with Gasteiger partial charge in [-0.1, -0.05) is 0 Å². The molecule has 0 saturated heterocycles. The maximum Gasteiger partial charge on any atom is 0.233 e. The third-order valence-corrected chi connectivity index (χ3v) is 0.901. The second-order valence-electron chi connectivity index (χ2n) is 1.59. The average Bonchev–Trinajstić information content (AvgIpc) is 1.90. The Morgan fingerprint density at radius 1 is 1.89 bits per heavy atom. The van der Waals surface area contributed by atoms with Gasteiger partial charge in [-0.05, 0) is 0 Å². The predicted molar refractivity (Wildman–Crippen MR) is 33.4 cm³/mol. The zero-order valence-corrected chi connectivity index (χ0v) is 5.38. The second-order valence-corrected chi connectivity index (χ2v) is 1.59. The Morgan fingerprint density at radius 2 is 2.67 bits per heavy atom. The number of rotatable bonds is 1. The van der Waals surface area contributed by atoms with E-state index in [1.165, 1.54) is 0 Å². The summed E-state index contributed by atoms with van der Waals surface area (Å²) in [5, 5.41) is 1.60. The molecule has 0 aliphatic carbocycles. The summed E-state index contributed by atoms with van der Waals surface area (Å²) >= 11 is 0.